The quantitative estimate of drug-likeness (QED) is 0.652. The van der Waals surface area contributed by atoms with Gasteiger partial charge in [-0.25, -0.2) is 4.98 Å². The zero-order valence-corrected chi connectivity index (χ0v) is 11.7. The van der Waals surface area contributed by atoms with Gasteiger partial charge < -0.3 is 5.32 Å². The Labute approximate surface area is 110 Å². The summed E-state index contributed by atoms with van der Waals surface area (Å²) in [6.07, 6.45) is 1.54. The summed E-state index contributed by atoms with van der Waals surface area (Å²) in [6.45, 7) is 9.78. The Balaban J connectivity index is 3.11. The van der Waals surface area contributed by atoms with E-state index in [4.69, 9.17) is 7.85 Å². The van der Waals surface area contributed by atoms with Crippen molar-refractivity contribution in [3.63, 3.8) is 0 Å². The first-order valence-electron chi connectivity index (χ1n) is 6.04. The standard InChI is InChI=1S/C14H19BN2O/c1-8(2)6-12(18)16-14-11(9(3)4)7-10(5)13(15)17-14/h6-7,9H,1-5H3,(H,16,17,18). The number of allylic oxidation sites excluding steroid dienone is 1. The lowest BCUT2D eigenvalue weighted by atomic mass is 9.94. The molecule has 0 fully saturated rings. The van der Waals surface area contributed by atoms with Crippen LogP contribution in [0.15, 0.2) is 17.7 Å². The van der Waals surface area contributed by atoms with Crippen LogP contribution in [0.3, 0.4) is 0 Å². The first-order valence-corrected chi connectivity index (χ1v) is 6.04. The van der Waals surface area contributed by atoms with Crippen LogP contribution in [0.4, 0.5) is 5.82 Å². The number of aromatic nitrogens is 1. The van der Waals surface area contributed by atoms with E-state index in [-0.39, 0.29) is 11.8 Å². The fourth-order valence-electron chi connectivity index (χ4n) is 1.60. The van der Waals surface area contributed by atoms with Crippen molar-refractivity contribution in [2.75, 3.05) is 5.32 Å². The van der Waals surface area contributed by atoms with E-state index < -0.39 is 0 Å². The molecule has 4 heteroatoms. The molecule has 0 saturated carbocycles. The van der Waals surface area contributed by atoms with E-state index in [1.54, 1.807) is 6.08 Å². The minimum atomic E-state index is -0.173. The van der Waals surface area contributed by atoms with E-state index in [0.717, 1.165) is 16.7 Å². The highest BCUT2D eigenvalue weighted by Crippen LogP contribution is 2.22. The van der Waals surface area contributed by atoms with Gasteiger partial charge in [0.15, 0.2) is 0 Å². The van der Waals surface area contributed by atoms with Gasteiger partial charge in [0.05, 0.1) is 0 Å². The average molecular weight is 242 g/mol. The predicted octanol–water partition coefficient (Wildman–Crippen LogP) is 2.21. The number of anilines is 1. The maximum Gasteiger partial charge on any atom is 0.249 e. The first-order chi connectivity index (χ1) is 8.31. The number of hydrogen-bond donors (Lipinski definition) is 1. The molecule has 1 amide bonds. The summed E-state index contributed by atoms with van der Waals surface area (Å²) in [7, 11) is 5.79. The Bertz CT molecular complexity index is 489. The molecule has 0 saturated heterocycles. The van der Waals surface area contributed by atoms with Crippen molar-refractivity contribution >= 4 is 25.2 Å². The summed E-state index contributed by atoms with van der Waals surface area (Å²) < 4.78 is 0. The zero-order valence-electron chi connectivity index (χ0n) is 11.7. The Morgan fingerprint density at radius 3 is 2.56 bits per heavy atom. The third kappa shape index (κ3) is 3.72. The Kier molecular flexibility index (Phi) is 4.71. The summed E-state index contributed by atoms with van der Waals surface area (Å²) in [5, 5.41) is 2.78. The second-order valence-corrected chi connectivity index (χ2v) is 4.99. The van der Waals surface area contributed by atoms with Crippen LogP contribution in [0.2, 0.25) is 0 Å². The van der Waals surface area contributed by atoms with E-state index in [2.05, 4.69) is 24.1 Å². The minimum absolute atomic E-state index is 0.173. The molecule has 0 aliphatic carbocycles. The topological polar surface area (TPSA) is 42.0 Å². The molecule has 18 heavy (non-hydrogen) atoms. The third-order valence-electron chi connectivity index (χ3n) is 2.57. The highest BCUT2D eigenvalue weighted by Gasteiger charge is 2.12. The molecule has 1 heterocycles. The van der Waals surface area contributed by atoms with Crippen LogP contribution in [0, 0.1) is 6.92 Å². The Hall–Kier alpha value is -1.58. The van der Waals surface area contributed by atoms with Gasteiger partial charge in [-0.15, -0.1) is 0 Å². The number of carbonyl (C=O) groups is 1. The van der Waals surface area contributed by atoms with Crippen molar-refractivity contribution in [3.8, 4) is 0 Å². The maximum atomic E-state index is 11.7. The normalized spacial score (nSPS) is 10.3. The SMILES string of the molecule is [B]c1nc(NC(=O)C=C(C)C)c(C(C)C)cc1C. The molecule has 0 aliphatic rings. The minimum Gasteiger partial charge on any atom is -0.307 e. The number of carbonyl (C=O) groups excluding carboxylic acids is 1. The summed E-state index contributed by atoms with van der Waals surface area (Å²) in [6, 6.07) is 1.98. The summed E-state index contributed by atoms with van der Waals surface area (Å²) in [4.78, 5) is 16.0. The maximum absolute atomic E-state index is 11.7. The van der Waals surface area contributed by atoms with Gasteiger partial charge in [-0.3, -0.25) is 4.79 Å². The smallest absolute Gasteiger partial charge is 0.249 e. The van der Waals surface area contributed by atoms with E-state index in [0.29, 0.717) is 11.4 Å². The highest BCUT2D eigenvalue weighted by atomic mass is 16.1. The number of aryl methyl sites for hydroxylation is 1. The fraction of sp³-hybridized carbons (Fsp3) is 0.429. The lowest BCUT2D eigenvalue weighted by Crippen LogP contribution is -2.20. The molecule has 0 bridgehead atoms. The van der Waals surface area contributed by atoms with Crippen molar-refractivity contribution in [2.45, 2.75) is 40.5 Å². The van der Waals surface area contributed by atoms with Crippen LogP contribution in [0.1, 0.15) is 44.7 Å². The highest BCUT2D eigenvalue weighted by molar-refractivity contribution is 6.31. The predicted molar refractivity (Wildman–Crippen MR) is 76.5 cm³/mol. The summed E-state index contributed by atoms with van der Waals surface area (Å²) in [5.41, 5.74) is 3.32. The molecule has 94 valence electrons. The molecule has 0 spiro atoms. The van der Waals surface area contributed by atoms with Crippen molar-refractivity contribution in [3.05, 3.63) is 28.8 Å². The fourth-order valence-corrected chi connectivity index (χ4v) is 1.60. The zero-order chi connectivity index (χ0) is 13.9. The number of rotatable bonds is 3. The number of pyridine rings is 1. The van der Waals surface area contributed by atoms with E-state index in [1.807, 2.05) is 26.8 Å². The lowest BCUT2D eigenvalue weighted by molar-refractivity contribution is -0.112. The molecule has 0 unspecified atom stereocenters. The molecule has 0 aromatic carbocycles. The van der Waals surface area contributed by atoms with E-state index >= 15 is 0 Å². The van der Waals surface area contributed by atoms with Crippen molar-refractivity contribution < 1.29 is 4.79 Å². The van der Waals surface area contributed by atoms with Crippen molar-refractivity contribution in [1.29, 1.82) is 0 Å². The van der Waals surface area contributed by atoms with E-state index in [9.17, 15) is 4.79 Å². The molecule has 2 radical (unpaired) electrons. The first kappa shape index (κ1) is 14.5. The molecular weight excluding hydrogens is 223 g/mol. The van der Waals surface area contributed by atoms with Crippen LogP contribution in [-0.2, 0) is 4.79 Å². The second kappa shape index (κ2) is 5.85. The van der Waals surface area contributed by atoms with Gasteiger partial charge in [-0.2, -0.15) is 0 Å². The molecular formula is C14H19BN2O. The van der Waals surface area contributed by atoms with Gasteiger partial charge in [0.25, 0.3) is 0 Å². The molecule has 0 aliphatic heterocycles. The van der Waals surface area contributed by atoms with Gasteiger partial charge in [-0.05, 0) is 43.4 Å². The van der Waals surface area contributed by atoms with Crippen LogP contribution in [0.5, 0.6) is 0 Å². The molecule has 1 rings (SSSR count). The number of hydrogen-bond acceptors (Lipinski definition) is 2. The van der Waals surface area contributed by atoms with Crippen LogP contribution < -0.4 is 10.9 Å². The van der Waals surface area contributed by atoms with E-state index in [1.165, 1.54) is 0 Å². The average Bonchev–Trinajstić information content (AvgIpc) is 2.21. The van der Waals surface area contributed by atoms with Gasteiger partial charge in [-0.1, -0.05) is 25.5 Å². The monoisotopic (exact) mass is 242 g/mol. The molecule has 1 aromatic rings. The molecule has 1 aromatic heterocycles. The van der Waals surface area contributed by atoms with Crippen LogP contribution in [0.25, 0.3) is 0 Å². The third-order valence-corrected chi connectivity index (χ3v) is 2.57. The van der Waals surface area contributed by atoms with Gasteiger partial charge >= 0.3 is 0 Å². The Morgan fingerprint density at radius 1 is 1.44 bits per heavy atom. The van der Waals surface area contributed by atoms with Crippen molar-refractivity contribution in [1.82, 2.24) is 4.98 Å². The number of nitrogens with one attached hydrogen (secondary N) is 1. The number of amides is 1. The summed E-state index contributed by atoms with van der Waals surface area (Å²) >= 11 is 0. The lowest BCUT2D eigenvalue weighted by Gasteiger charge is -2.15. The Morgan fingerprint density at radius 2 is 2.06 bits per heavy atom. The van der Waals surface area contributed by atoms with Crippen LogP contribution in [-0.4, -0.2) is 18.7 Å². The molecule has 1 N–H and O–H groups in total. The van der Waals surface area contributed by atoms with Crippen LogP contribution >= 0.6 is 0 Å². The van der Waals surface area contributed by atoms with Gasteiger partial charge in [0.1, 0.15) is 13.7 Å². The second-order valence-electron chi connectivity index (χ2n) is 4.99. The number of nitrogens with zero attached hydrogens (tertiary/aromatic N) is 1. The molecule has 3 nitrogen and oxygen atoms in total. The summed E-state index contributed by atoms with van der Waals surface area (Å²) in [5.74, 6) is 0.655. The van der Waals surface area contributed by atoms with Crippen molar-refractivity contribution in [2.24, 2.45) is 0 Å². The van der Waals surface area contributed by atoms with Gasteiger partial charge in [0.2, 0.25) is 5.91 Å². The molecule has 0 atom stereocenters. The largest absolute Gasteiger partial charge is 0.307 e. The van der Waals surface area contributed by atoms with Gasteiger partial charge in [0, 0.05) is 6.08 Å².